The van der Waals surface area contributed by atoms with Gasteiger partial charge in [0.05, 0.1) is 11.4 Å². The fourth-order valence-electron chi connectivity index (χ4n) is 1.84. The van der Waals surface area contributed by atoms with Gasteiger partial charge in [-0.15, -0.1) is 0 Å². The van der Waals surface area contributed by atoms with Crippen LogP contribution in [0.1, 0.15) is 28.9 Å². The average Bonchev–Trinajstić information content (AvgIpc) is 2.75. The van der Waals surface area contributed by atoms with Gasteiger partial charge in [0.25, 0.3) is 0 Å². The summed E-state index contributed by atoms with van der Waals surface area (Å²) < 4.78 is 1.69. The highest BCUT2D eigenvalue weighted by Gasteiger charge is 2.27. The number of aryl methyl sites for hydroxylation is 2. The molecule has 1 aliphatic heterocycles. The van der Waals surface area contributed by atoms with E-state index in [1.165, 1.54) is 0 Å². The van der Waals surface area contributed by atoms with Crippen molar-refractivity contribution in [3.8, 4) is 0 Å². The minimum Gasteiger partial charge on any atom is -0.291 e. The van der Waals surface area contributed by atoms with Gasteiger partial charge in [-0.1, -0.05) is 0 Å². The third-order valence-corrected chi connectivity index (χ3v) is 3.95. The highest BCUT2D eigenvalue weighted by molar-refractivity contribution is 8.00. The molecule has 0 saturated carbocycles. The smallest absolute Gasteiger partial charge is 0.194 e. The number of thioether (sulfide) groups is 1. The quantitative estimate of drug-likeness (QED) is 0.698. The van der Waals surface area contributed by atoms with Crippen molar-refractivity contribution >= 4 is 17.5 Å². The van der Waals surface area contributed by atoms with Crippen LogP contribution in [0, 0.1) is 6.92 Å². The molecule has 1 aliphatic rings. The lowest BCUT2D eigenvalue weighted by atomic mass is 10.1. The first-order chi connectivity index (χ1) is 6.70. The standard InChI is InChI=1S/C10H14N2OS/c1-7-6-11-12(2)9(7)10(13)8-4-3-5-14-8/h6,8H,3-5H2,1-2H3. The normalized spacial score (nSPS) is 21.4. The maximum absolute atomic E-state index is 12.1. The monoisotopic (exact) mass is 210 g/mol. The van der Waals surface area contributed by atoms with Crippen molar-refractivity contribution in [2.24, 2.45) is 7.05 Å². The number of aromatic nitrogens is 2. The average molecular weight is 210 g/mol. The maximum Gasteiger partial charge on any atom is 0.194 e. The van der Waals surface area contributed by atoms with Crippen LogP contribution in [0.15, 0.2) is 6.20 Å². The Labute approximate surface area is 87.9 Å². The summed E-state index contributed by atoms with van der Waals surface area (Å²) in [5.74, 6) is 1.37. The SMILES string of the molecule is Cc1cnn(C)c1C(=O)C1CCCS1. The Hall–Kier alpha value is -0.770. The molecule has 0 N–H and O–H groups in total. The molecule has 3 nitrogen and oxygen atoms in total. The summed E-state index contributed by atoms with van der Waals surface area (Å²) in [5, 5.41) is 4.27. The number of carbonyl (C=O) groups is 1. The number of rotatable bonds is 2. The van der Waals surface area contributed by atoms with Crippen molar-refractivity contribution in [2.45, 2.75) is 25.0 Å². The Morgan fingerprint density at radius 1 is 1.71 bits per heavy atom. The Morgan fingerprint density at radius 2 is 2.50 bits per heavy atom. The highest BCUT2D eigenvalue weighted by atomic mass is 32.2. The molecule has 0 bridgehead atoms. The first kappa shape index (κ1) is 9.77. The molecular formula is C10H14N2OS. The summed E-state index contributed by atoms with van der Waals surface area (Å²) in [5.41, 5.74) is 1.77. The molecule has 1 saturated heterocycles. The topological polar surface area (TPSA) is 34.9 Å². The molecule has 1 atom stereocenters. The summed E-state index contributed by atoms with van der Waals surface area (Å²) in [4.78, 5) is 12.1. The second-order valence-electron chi connectivity index (χ2n) is 3.67. The van der Waals surface area contributed by atoms with E-state index in [9.17, 15) is 4.79 Å². The molecule has 2 rings (SSSR count). The van der Waals surface area contributed by atoms with Gasteiger partial charge in [-0.05, 0) is 31.1 Å². The van der Waals surface area contributed by atoms with Crippen LogP contribution in [-0.4, -0.2) is 26.6 Å². The summed E-state index contributed by atoms with van der Waals surface area (Å²) in [6.45, 7) is 1.94. The molecule has 1 fully saturated rings. The van der Waals surface area contributed by atoms with E-state index in [1.54, 1.807) is 22.6 Å². The fraction of sp³-hybridized carbons (Fsp3) is 0.600. The van der Waals surface area contributed by atoms with Crippen molar-refractivity contribution in [3.05, 3.63) is 17.5 Å². The van der Waals surface area contributed by atoms with E-state index in [0.29, 0.717) is 0 Å². The molecule has 0 aromatic carbocycles. The zero-order valence-electron chi connectivity index (χ0n) is 8.49. The van der Waals surface area contributed by atoms with Gasteiger partial charge in [0.2, 0.25) is 0 Å². The van der Waals surface area contributed by atoms with Crippen LogP contribution in [0.5, 0.6) is 0 Å². The van der Waals surface area contributed by atoms with Gasteiger partial charge in [0, 0.05) is 7.05 Å². The van der Waals surface area contributed by atoms with E-state index in [1.807, 2.05) is 14.0 Å². The van der Waals surface area contributed by atoms with Crippen molar-refractivity contribution in [1.82, 2.24) is 9.78 Å². The lowest BCUT2D eigenvalue weighted by Gasteiger charge is -2.08. The lowest BCUT2D eigenvalue weighted by Crippen LogP contribution is -2.18. The number of carbonyl (C=O) groups excluding carboxylic acids is 1. The summed E-state index contributed by atoms with van der Waals surface area (Å²) in [7, 11) is 1.83. The zero-order valence-corrected chi connectivity index (χ0v) is 9.30. The van der Waals surface area contributed by atoms with Crippen molar-refractivity contribution < 1.29 is 4.79 Å². The minimum absolute atomic E-state index is 0.170. The van der Waals surface area contributed by atoms with Crippen LogP contribution in [0.25, 0.3) is 0 Å². The van der Waals surface area contributed by atoms with Crippen LogP contribution in [-0.2, 0) is 7.05 Å². The highest BCUT2D eigenvalue weighted by Crippen LogP contribution is 2.29. The summed E-state index contributed by atoms with van der Waals surface area (Å²) in [6, 6.07) is 0. The molecule has 4 heteroatoms. The van der Waals surface area contributed by atoms with Gasteiger partial charge in [-0.2, -0.15) is 16.9 Å². The van der Waals surface area contributed by atoms with E-state index in [-0.39, 0.29) is 11.0 Å². The lowest BCUT2D eigenvalue weighted by molar-refractivity contribution is 0.0979. The zero-order chi connectivity index (χ0) is 10.1. The number of ketones is 1. The van der Waals surface area contributed by atoms with Crippen molar-refractivity contribution in [3.63, 3.8) is 0 Å². The van der Waals surface area contributed by atoms with Crippen molar-refractivity contribution in [2.75, 3.05) is 5.75 Å². The first-order valence-corrected chi connectivity index (χ1v) is 5.89. The Balaban J connectivity index is 2.25. The third kappa shape index (κ3) is 1.59. The second-order valence-corrected chi connectivity index (χ2v) is 4.98. The van der Waals surface area contributed by atoms with Gasteiger partial charge in [0.1, 0.15) is 5.69 Å². The first-order valence-electron chi connectivity index (χ1n) is 4.84. The van der Waals surface area contributed by atoms with Gasteiger partial charge in [0.15, 0.2) is 5.78 Å². The predicted molar refractivity (Wildman–Crippen MR) is 57.8 cm³/mol. The molecule has 1 unspecified atom stereocenters. The molecule has 0 amide bonds. The fourth-order valence-corrected chi connectivity index (χ4v) is 3.05. The van der Waals surface area contributed by atoms with E-state index in [2.05, 4.69) is 5.10 Å². The van der Waals surface area contributed by atoms with E-state index in [4.69, 9.17) is 0 Å². The van der Waals surface area contributed by atoms with E-state index in [0.717, 1.165) is 29.9 Å². The number of Topliss-reactive ketones (excluding diaryl/α,β-unsaturated/α-hetero) is 1. The van der Waals surface area contributed by atoms with Gasteiger partial charge in [-0.25, -0.2) is 0 Å². The number of hydrogen-bond donors (Lipinski definition) is 0. The van der Waals surface area contributed by atoms with Crippen LogP contribution in [0.2, 0.25) is 0 Å². The number of nitrogens with zero attached hydrogens (tertiary/aromatic N) is 2. The number of hydrogen-bond acceptors (Lipinski definition) is 3. The van der Waals surface area contributed by atoms with Crippen LogP contribution in [0.4, 0.5) is 0 Å². The molecule has 0 aliphatic carbocycles. The molecule has 1 aromatic heterocycles. The van der Waals surface area contributed by atoms with E-state index < -0.39 is 0 Å². The van der Waals surface area contributed by atoms with E-state index >= 15 is 0 Å². The molecule has 0 spiro atoms. The summed E-state index contributed by atoms with van der Waals surface area (Å²) >= 11 is 1.78. The van der Waals surface area contributed by atoms with Crippen LogP contribution in [0.3, 0.4) is 0 Å². The van der Waals surface area contributed by atoms with Gasteiger partial charge >= 0.3 is 0 Å². The van der Waals surface area contributed by atoms with Crippen LogP contribution >= 0.6 is 11.8 Å². The van der Waals surface area contributed by atoms with Crippen molar-refractivity contribution in [1.29, 1.82) is 0 Å². The third-order valence-electron chi connectivity index (χ3n) is 2.58. The predicted octanol–water partition coefficient (Wildman–Crippen LogP) is 1.81. The maximum atomic E-state index is 12.1. The molecule has 14 heavy (non-hydrogen) atoms. The Morgan fingerprint density at radius 3 is 3.00 bits per heavy atom. The Kier molecular flexibility index (Phi) is 2.63. The molecular weight excluding hydrogens is 196 g/mol. The molecule has 0 radical (unpaired) electrons. The minimum atomic E-state index is 0.170. The van der Waals surface area contributed by atoms with Gasteiger partial charge < -0.3 is 0 Å². The largest absolute Gasteiger partial charge is 0.291 e. The van der Waals surface area contributed by atoms with Gasteiger partial charge in [-0.3, -0.25) is 9.48 Å². The molecule has 76 valence electrons. The molecule has 2 heterocycles. The Bertz CT molecular complexity index is 334. The second kappa shape index (κ2) is 3.77. The summed E-state index contributed by atoms with van der Waals surface area (Å²) in [6.07, 6.45) is 3.94. The van der Waals surface area contributed by atoms with Crippen LogP contribution < -0.4 is 0 Å². The molecule has 1 aromatic rings.